The first-order valence-electron chi connectivity index (χ1n) is 6.38. The molecule has 3 heteroatoms. The minimum absolute atomic E-state index is 0.909. The van der Waals surface area contributed by atoms with E-state index in [0.29, 0.717) is 0 Å². The molecule has 1 N–H and O–H groups in total. The van der Waals surface area contributed by atoms with Crippen molar-refractivity contribution in [2.75, 3.05) is 25.0 Å². The van der Waals surface area contributed by atoms with Gasteiger partial charge in [0.2, 0.25) is 0 Å². The maximum Gasteiger partial charge on any atom is 0.129 e. The van der Waals surface area contributed by atoms with Gasteiger partial charge in [-0.05, 0) is 37.6 Å². The molecule has 0 spiro atoms. The Morgan fingerprint density at radius 2 is 2.24 bits per heavy atom. The Hall–Kier alpha value is -1.35. The fraction of sp³-hybridized carbons (Fsp3) is 0.500. The van der Waals surface area contributed by atoms with Crippen LogP contribution in [0, 0.1) is 0 Å². The topological polar surface area (TPSA) is 28.2 Å². The van der Waals surface area contributed by atoms with Crippen molar-refractivity contribution in [2.24, 2.45) is 0 Å². The average Bonchev–Trinajstić information content (AvgIpc) is 2.40. The Morgan fingerprint density at radius 3 is 2.88 bits per heavy atom. The molecule has 2 rings (SSSR count). The second-order valence-corrected chi connectivity index (χ2v) is 4.41. The van der Waals surface area contributed by atoms with E-state index >= 15 is 0 Å². The number of nitrogens with one attached hydrogen (secondary N) is 1. The third kappa shape index (κ3) is 3.07. The molecule has 0 aliphatic carbocycles. The monoisotopic (exact) mass is 231 g/mol. The lowest BCUT2D eigenvalue weighted by molar-refractivity contribution is 0.783. The molecular weight excluding hydrogens is 210 g/mol. The largest absolute Gasteiger partial charge is 0.353 e. The highest BCUT2D eigenvalue weighted by molar-refractivity contribution is 5.44. The van der Waals surface area contributed by atoms with Gasteiger partial charge in [0.15, 0.2) is 0 Å². The lowest BCUT2D eigenvalue weighted by atomic mass is 10.1. The zero-order valence-corrected chi connectivity index (χ0v) is 10.7. The zero-order chi connectivity index (χ0) is 12.1. The SMILES string of the molecule is CCc1cc(CNC)cc(N2CC=CCC2)n1. The average molecular weight is 231 g/mol. The van der Waals surface area contributed by atoms with Crippen molar-refractivity contribution in [3.63, 3.8) is 0 Å². The maximum atomic E-state index is 4.72. The molecular formula is C14H21N3. The number of hydrogen-bond acceptors (Lipinski definition) is 3. The summed E-state index contributed by atoms with van der Waals surface area (Å²) in [7, 11) is 1.98. The van der Waals surface area contributed by atoms with Crippen LogP contribution in [0.1, 0.15) is 24.6 Å². The highest BCUT2D eigenvalue weighted by Gasteiger charge is 2.10. The van der Waals surface area contributed by atoms with Crippen molar-refractivity contribution in [1.82, 2.24) is 10.3 Å². The van der Waals surface area contributed by atoms with Crippen LogP contribution in [0.2, 0.25) is 0 Å². The van der Waals surface area contributed by atoms with Crippen molar-refractivity contribution >= 4 is 5.82 Å². The molecule has 17 heavy (non-hydrogen) atoms. The van der Waals surface area contributed by atoms with Crippen LogP contribution in [-0.2, 0) is 13.0 Å². The van der Waals surface area contributed by atoms with Crippen molar-refractivity contribution in [3.8, 4) is 0 Å². The fourth-order valence-corrected chi connectivity index (χ4v) is 2.13. The second-order valence-electron chi connectivity index (χ2n) is 4.41. The molecule has 2 heterocycles. The van der Waals surface area contributed by atoms with E-state index in [0.717, 1.165) is 38.3 Å². The minimum atomic E-state index is 0.909. The highest BCUT2D eigenvalue weighted by Crippen LogP contribution is 2.18. The molecule has 3 nitrogen and oxygen atoms in total. The molecule has 1 aliphatic rings. The first kappa shape index (κ1) is 12.1. The number of pyridine rings is 1. The summed E-state index contributed by atoms with van der Waals surface area (Å²) in [5.41, 5.74) is 2.51. The van der Waals surface area contributed by atoms with Crippen LogP contribution >= 0.6 is 0 Å². The molecule has 0 atom stereocenters. The quantitative estimate of drug-likeness (QED) is 0.805. The van der Waals surface area contributed by atoms with Gasteiger partial charge in [0.25, 0.3) is 0 Å². The molecule has 1 aromatic heterocycles. The van der Waals surface area contributed by atoms with Crippen LogP contribution in [0.15, 0.2) is 24.3 Å². The van der Waals surface area contributed by atoms with E-state index in [4.69, 9.17) is 4.98 Å². The van der Waals surface area contributed by atoms with Gasteiger partial charge in [-0.15, -0.1) is 0 Å². The van der Waals surface area contributed by atoms with Gasteiger partial charge < -0.3 is 10.2 Å². The van der Waals surface area contributed by atoms with E-state index in [9.17, 15) is 0 Å². The molecule has 1 aromatic rings. The molecule has 92 valence electrons. The summed E-state index contributed by atoms with van der Waals surface area (Å²) >= 11 is 0. The van der Waals surface area contributed by atoms with E-state index in [1.165, 1.54) is 11.3 Å². The predicted molar refractivity (Wildman–Crippen MR) is 72.3 cm³/mol. The summed E-state index contributed by atoms with van der Waals surface area (Å²) in [6, 6.07) is 4.40. The fourth-order valence-electron chi connectivity index (χ4n) is 2.13. The van der Waals surface area contributed by atoms with Crippen LogP contribution in [0.25, 0.3) is 0 Å². The molecule has 0 radical (unpaired) electrons. The number of anilines is 1. The molecule has 0 bridgehead atoms. The third-order valence-electron chi connectivity index (χ3n) is 3.05. The maximum absolute atomic E-state index is 4.72. The van der Waals surface area contributed by atoms with Crippen LogP contribution in [0.3, 0.4) is 0 Å². The van der Waals surface area contributed by atoms with Gasteiger partial charge in [-0.2, -0.15) is 0 Å². The molecule has 0 saturated heterocycles. The molecule has 1 aliphatic heterocycles. The molecule has 0 aromatic carbocycles. The van der Waals surface area contributed by atoms with E-state index in [1.54, 1.807) is 0 Å². The van der Waals surface area contributed by atoms with Crippen LogP contribution in [0.4, 0.5) is 5.82 Å². The van der Waals surface area contributed by atoms with E-state index in [2.05, 4.69) is 41.4 Å². The number of nitrogens with zero attached hydrogens (tertiary/aromatic N) is 2. The van der Waals surface area contributed by atoms with Gasteiger partial charge in [-0.25, -0.2) is 4.98 Å². The normalized spacial score (nSPS) is 15.3. The second kappa shape index (κ2) is 5.82. The van der Waals surface area contributed by atoms with Gasteiger partial charge in [-0.1, -0.05) is 19.1 Å². The Balaban J connectivity index is 2.25. The summed E-state index contributed by atoms with van der Waals surface area (Å²) in [6.45, 7) is 5.13. The van der Waals surface area contributed by atoms with Crippen LogP contribution < -0.4 is 10.2 Å². The van der Waals surface area contributed by atoms with Gasteiger partial charge in [0, 0.05) is 25.3 Å². The number of aromatic nitrogens is 1. The Labute approximate surface area is 104 Å². The number of aryl methyl sites for hydroxylation is 1. The van der Waals surface area contributed by atoms with E-state index in [1.807, 2.05) is 7.05 Å². The number of rotatable bonds is 4. The van der Waals surface area contributed by atoms with Gasteiger partial charge in [0.05, 0.1) is 0 Å². The minimum Gasteiger partial charge on any atom is -0.353 e. The first-order chi connectivity index (χ1) is 8.33. The smallest absolute Gasteiger partial charge is 0.129 e. The van der Waals surface area contributed by atoms with Gasteiger partial charge >= 0.3 is 0 Å². The summed E-state index contributed by atoms with van der Waals surface area (Å²) in [4.78, 5) is 7.07. The first-order valence-corrected chi connectivity index (χ1v) is 6.38. The summed E-state index contributed by atoms with van der Waals surface area (Å²) in [5, 5.41) is 3.21. The lowest BCUT2D eigenvalue weighted by Gasteiger charge is -2.25. The lowest BCUT2D eigenvalue weighted by Crippen LogP contribution is -2.28. The Bertz CT molecular complexity index is 398. The Kier molecular flexibility index (Phi) is 4.15. The van der Waals surface area contributed by atoms with E-state index in [-0.39, 0.29) is 0 Å². The van der Waals surface area contributed by atoms with Crippen LogP contribution in [-0.4, -0.2) is 25.1 Å². The summed E-state index contributed by atoms with van der Waals surface area (Å²) < 4.78 is 0. The van der Waals surface area contributed by atoms with Gasteiger partial charge in [-0.3, -0.25) is 0 Å². The predicted octanol–water partition coefficient (Wildman–Crippen LogP) is 2.13. The van der Waals surface area contributed by atoms with Gasteiger partial charge in [0.1, 0.15) is 5.82 Å². The summed E-state index contributed by atoms with van der Waals surface area (Å²) in [5.74, 6) is 1.12. The highest BCUT2D eigenvalue weighted by atomic mass is 15.2. The zero-order valence-electron chi connectivity index (χ0n) is 10.7. The standard InChI is InChI=1S/C14H21N3/c1-3-13-9-12(11-15-2)10-14(16-13)17-7-5-4-6-8-17/h4-5,9-10,15H,3,6-8,11H2,1-2H3. The van der Waals surface area contributed by atoms with Crippen molar-refractivity contribution in [1.29, 1.82) is 0 Å². The third-order valence-corrected chi connectivity index (χ3v) is 3.05. The molecule has 0 unspecified atom stereocenters. The van der Waals surface area contributed by atoms with E-state index < -0.39 is 0 Å². The van der Waals surface area contributed by atoms with Crippen molar-refractivity contribution < 1.29 is 0 Å². The molecule has 0 fully saturated rings. The molecule has 0 saturated carbocycles. The van der Waals surface area contributed by atoms with Crippen molar-refractivity contribution in [3.05, 3.63) is 35.5 Å². The number of hydrogen-bond donors (Lipinski definition) is 1. The summed E-state index contributed by atoms with van der Waals surface area (Å²) in [6.07, 6.45) is 6.59. The van der Waals surface area contributed by atoms with Crippen LogP contribution in [0.5, 0.6) is 0 Å². The Morgan fingerprint density at radius 1 is 1.35 bits per heavy atom. The molecule has 0 amide bonds. The van der Waals surface area contributed by atoms with Crippen molar-refractivity contribution in [2.45, 2.75) is 26.3 Å².